The minimum atomic E-state index is -0.390. The van der Waals surface area contributed by atoms with E-state index in [1.807, 2.05) is 27.7 Å². The number of carbonyl (C=O) groups is 1. The van der Waals surface area contributed by atoms with Crippen molar-refractivity contribution in [3.63, 3.8) is 0 Å². The number of likely N-dealkylation sites (tertiary alicyclic amines) is 1. The average Bonchev–Trinajstić information content (AvgIpc) is 2.33. The number of hydrogen-bond acceptors (Lipinski definition) is 4. The molecule has 0 bridgehead atoms. The number of rotatable bonds is 6. The van der Waals surface area contributed by atoms with E-state index < -0.39 is 0 Å². The monoisotopic (exact) mass is 270 g/mol. The van der Waals surface area contributed by atoms with Gasteiger partial charge in [0.15, 0.2) is 0 Å². The summed E-state index contributed by atoms with van der Waals surface area (Å²) >= 11 is 0. The highest BCUT2D eigenvalue weighted by molar-refractivity contribution is 5.72. The molecule has 0 aromatic rings. The van der Waals surface area contributed by atoms with Gasteiger partial charge in [-0.05, 0) is 46.7 Å². The highest BCUT2D eigenvalue weighted by atomic mass is 16.6. The summed E-state index contributed by atoms with van der Waals surface area (Å²) in [5, 5.41) is 3.36. The van der Waals surface area contributed by atoms with Crippen LogP contribution >= 0.6 is 0 Å². The van der Waals surface area contributed by atoms with Gasteiger partial charge in [0, 0.05) is 19.6 Å². The fraction of sp³-hybridized carbons (Fsp3) is 0.933. The van der Waals surface area contributed by atoms with Crippen LogP contribution in [-0.2, 0) is 9.53 Å². The van der Waals surface area contributed by atoms with E-state index in [9.17, 15) is 4.79 Å². The molecule has 0 aliphatic carbocycles. The Kier molecular flexibility index (Phi) is 6.80. The lowest BCUT2D eigenvalue weighted by atomic mass is 10.1. The number of nitrogens with one attached hydrogen (secondary N) is 1. The zero-order valence-electron chi connectivity index (χ0n) is 13.0. The lowest BCUT2D eigenvalue weighted by Crippen LogP contribution is -2.38. The van der Waals surface area contributed by atoms with E-state index in [-0.39, 0.29) is 17.5 Å². The van der Waals surface area contributed by atoms with Crippen molar-refractivity contribution in [2.45, 2.75) is 52.6 Å². The van der Waals surface area contributed by atoms with Gasteiger partial charge in [-0.3, -0.25) is 4.79 Å². The summed E-state index contributed by atoms with van der Waals surface area (Å²) in [6.45, 7) is 12.8. The molecule has 1 atom stereocenters. The zero-order chi connectivity index (χ0) is 14.3. The molecule has 0 aromatic heterocycles. The third kappa shape index (κ3) is 7.53. The van der Waals surface area contributed by atoms with Crippen molar-refractivity contribution in [1.29, 1.82) is 0 Å². The number of ether oxygens (including phenoxy) is 1. The van der Waals surface area contributed by atoms with Crippen LogP contribution in [0.15, 0.2) is 0 Å². The molecule has 1 fully saturated rings. The second-order valence-corrected chi connectivity index (χ2v) is 6.54. The highest BCUT2D eigenvalue weighted by Crippen LogP contribution is 2.11. The first-order valence-corrected chi connectivity index (χ1v) is 7.54. The molecule has 112 valence electrons. The van der Waals surface area contributed by atoms with Gasteiger partial charge >= 0.3 is 5.97 Å². The van der Waals surface area contributed by atoms with Crippen LogP contribution in [0.3, 0.4) is 0 Å². The number of piperidine rings is 1. The number of esters is 1. The van der Waals surface area contributed by atoms with Gasteiger partial charge in [0.1, 0.15) is 5.60 Å². The quantitative estimate of drug-likeness (QED) is 0.592. The topological polar surface area (TPSA) is 41.6 Å². The van der Waals surface area contributed by atoms with E-state index in [4.69, 9.17) is 4.74 Å². The molecule has 0 amide bonds. The van der Waals surface area contributed by atoms with Gasteiger partial charge in [0.2, 0.25) is 0 Å². The van der Waals surface area contributed by atoms with E-state index in [2.05, 4.69) is 10.2 Å². The first-order valence-electron chi connectivity index (χ1n) is 7.54. The Morgan fingerprint density at radius 1 is 1.26 bits per heavy atom. The first-order chi connectivity index (χ1) is 8.88. The van der Waals surface area contributed by atoms with Crippen LogP contribution in [0.5, 0.6) is 0 Å². The lowest BCUT2D eigenvalue weighted by Gasteiger charge is -2.26. The van der Waals surface area contributed by atoms with Crippen molar-refractivity contribution < 1.29 is 9.53 Å². The van der Waals surface area contributed by atoms with Crippen molar-refractivity contribution in [3.8, 4) is 0 Å². The largest absolute Gasteiger partial charge is 0.460 e. The summed E-state index contributed by atoms with van der Waals surface area (Å²) in [6, 6.07) is 0. The number of hydrogen-bond donors (Lipinski definition) is 1. The molecule has 1 N–H and O–H groups in total. The summed E-state index contributed by atoms with van der Waals surface area (Å²) in [5.41, 5.74) is -0.390. The molecule has 0 spiro atoms. The van der Waals surface area contributed by atoms with Crippen LogP contribution in [0.2, 0.25) is 0 Å². The standard InChI is InChI=1S/C15H30N2O2/c1-13(14(18)19-15(2,3)4)12-16-8-11-17-9-6-5-7-10-17/h13,16H,5-12H2,1-4H3/t13-/m1/s1. The third-order valence-electron chi connectivity index (χ3n) is 3.31. The zero-order valence-corrected chi connectivity index (χ0v) is 13.0. The highest BCUT2D eigenvalue weighted by Gasteiger charge is 2.21. The van der Waals surface area contributed by atoms with Gasteiger partial charge in [-0.2, -0.15) is 0 Å². The fourth-order valence-electron chi connectivity index (χ4n) is 2.22. The average molecular weight is 270 g/mol. The van der Waals surface area contributed by atoms with E-state index in [1.54, 1.807) is 0 Å². The molecule has 1 rings (SSSR count). The normalized spacial score (nSPS) is 19.2. The van der Waals surface area contributed by atoms with Crippen molar-refractivity contribution in [2.24, 2.45) is 5.92 Å². The van der Waals surface area contributed by atoms with Gasteiger partial charge in [-0.25, -0.2) is 0 Å². The maximum absolute atomic E-state index is 11.8. The van der Waals surface area contributed by atoms with E-state index in [0.29, 0.717) is 6.54 Å². The van der Waals surface area contributed by atoms with Crippen LogP contribution in [-0.4, -0.2) is 49.2 Å². The van der Waals surface area contributed by atoms with Crippen LogP contribution in [0, 0.1) is 5.92 Å². The predicted octanol–water partition coefficient (Wildman–Crippen LogP) is 2.04. The summed E-state index contributed by atoms with van der Waals surface area (Å²) in [6.07, 6.45) is 4.03. The fourth-order valence-corrected chi connectivity index (χ4v) is 2.22. The molecule has 0 aromatic carbocycles. The van der Waals surface area contributed by atoms with E-state index >= 15 is 0 Å². The Labute approximate surface area is 117 Å². The Morgan fingerprint density at radius 3 is 2.47 bits per heavy atom. The maximum Gasteiger partial charge on any atom is 0.310 e. The molecule has 0 unspecified atom stereocenters. The number of nitrogens with zero attached hydrogens (tertiary/aromatic N) is 1. The minimum absolute atomic E-state index is 0.0828. The molecule has 0 radical (unpaired) electrons. The Hall–Kier alpha value is -0.610. The molecule has 19 heavy (non-hydrogen) atoms. The van der Waals surface area contributed by atoms with E-state index in [0.717, 1.165) is 13.1 Å². The summed E-state index contributed by atoms with van der Waals surface area (Å²) in [7, 11) is 0. The molecule has 1 aliphatic heterocycles. The summed E-state index contributed by atoms with van der Waals surface area (Å²) in [5.74, 6) is -0.196. The van der Waals surface area contributed by atoms with Crippen LogP contribution in [0.4, 0.5) is 0 Å². The van der Waals surface area contributed by atoms with E-state index in [1.165, 1.54) is 32.4 Å². The molecular formula is C15H30N2O2. The molecule has 1 heterocycles. The minimum Gasteiger partial charge on any atom is -0.460 e. The van der Waals surface area contributed by atoms with Crippen molar-refractivity contribution in [3.05, 3.63) is 0 Å². The third-order valence-corrected chi connectivity index (χ3v) is 3.31. The van der Waals surface area contributed by atoms with Gasteiger partial charge in [0.25, 0.3) is 0 Å². The Morgan fingerprint density at radius 2 is 1.89 bits per heavy atom. The van der Waals surface area contributed by atoms with Gasteiger partial charge in [-0.1, -0.05) is 13.3 Å². The molecule has 0 saturated carbocycles. The van der Waals surface area contributed by atoms with Gasteiger partial charge < -0.3 is 15.0 Å². The summed E-state index contributed by atoms with van der Waals surface area (Å²) < 4.78 is 5.36. The van der Waals surface area contributed by atoms with Crippen molar-refractivity contribution in [2.75, 3.05) is 32.7 Å². The van der Waals surface area contributed by atoms with Crippen LogP contribution in [0.1, 0.15) is 47.0 Å². The molecular weight excluding hydrogens is 240 g/mol. The second kappa shape index (κ2) is 7.85. The second-order valence-electron chi connectivity index (χ2n) is 6.54. The smallest absolute Gasteiger partial charge is 0.310 e. The van der Waals surface area contributed by atoms with Crippen LogP contribution in [0.25, 0.3) is 0 Å². The molecule has 1 aliphatic rings. The summed E-state index contributed by atoms with van der Waals surface area (Å²) in [4.78, 5) is 14.3. The molecule has 4 nitrogen and oxygen atoms in total. The predicted molar refractivity (Wildman–Crippen MR) is 78.2 cm³/mol. The van der Waals surface area contributed by atoms with Crippen LogP contribution < -0.4 is 5.32 Å². The van der Waals surface area contributed by atoms with Gasteiger partial charge in [-0.15, -0.1) is 0 Å². The SMILES string of the molecule is C[C@H](CNCCN1CCCCC1)C(=O)OC(C)(C)C. The lowest BCUT2D eigenvalue weighted by molar-refractivity contribution is -0.159. The van der Waals surface area contributed by atoms with Crippen molar-refractivity contribution in [1.82, 2.24) is 10.2 Å². The Bertz CT molecular complexity index is 268. The number of carbonyl (C=O) groups excluding carboxylic acids is 1. The van der Waals surface area contributed by atoms with Crippen molar-refractivity contribution >= 4 is 5.97 Å². The van der Waals surface area contributed by atoms with Gasteiger partial charge in [0.05, 0.1) is 5.92 Å². The molecule has 4 heteroatoms. The maximum atomic E-state index is 11.8. The molecule has 1 saturated heterocycles. The Balaban J connectivity index is 2.09. The first kappa shape index (κ1) is 16.4.